The van der Waals surface area contributed by atoms with E-state index in [0.717, 1.165) is 5.56 Å². The van der Waals surface area contributed by atoms with Crippen LogP contribution in [-0.2, 0) is 6.42 Å². The third-order valence-corrected chi connectivity index (χ3v) is 2.36. The van der Waals surface area contributed by atoms with Crippen LogP contribution in [0.1, 0.15) is 29.3 Å². The van der Waals surface area contributed by atoms with Crippen molar-refractivity contribution >= 4 is 5.78 Å². The number of phenols is 1. The van der Waals surface area contributed by atoms with Gasteiger partial charge in [0.05, 0.1) is 12.7 Å². The molecule has 0 saturated carbocycles. The molecule has 0 aliphatic carbocycles. The molecule has 0 heterocycles. The molecule has 3 heteroatoms. The van der Waals surface area contributed by atoms with Gasteiger partial charge in [-0.1, -0.05) is 13.0 Å². The number of phenolic OH excluding ortho intramolecular Hbond substituents is 1. The zero-order valence-corrected chi connectivity index (χ0v) is 9.62. The lowest BCUT2D eigenvalue weighted by atomic mass is 10.0. The molecule has 0 fully saturated rings. The van der Waals surface area contributed by atoms with E-state index in [0.29, 0.717) is 24.2 Å². The molecule has 1 aromatic rings. The van der Waals surface area contributed by atoms with Gasteiger partial charge in [-0.2, -0.15) is 0 Å². The molecule has 0 amide bonds. The summed E-state index contributed by atoms with van der Waals surface area (Å²) in [5, 5.41) is 9.81. The van der Waals surface area contributed by atoms with E-state index in [1.54, 1.807) is 25.1 Å². The van der Waals surface area contributed by atoms with Crippen molar-refractivity contribution in [2.24, 2.45) is 0 Å². The predicted octanol–water partition coefficient (Wildman–Crippen LogP) is 2.72. The van der Waals surface area contributed by atoms with Gasteiger partial charge in [0.2, 0.25) is 0 Å². The van der Waals surface area contributed by atoms with Crippen LogP contribution in [0.3, 0.4) is 0 Å². The van der Waals surface area contributed by atoms with Gasteiger partial charge in [-0.25, -0.2) is 0 Å². The molecule has 1 aromatic carbocycles. The molecule has 0 atom stereocenters. The Hall–Kier alpha value is -1.77. The fraction of sp³-hybridized carbons (Fsp3) is 0.308. The maximum absolute atomic E-state index is 11.6. The van der Waals surface area contributed by atoms with Crippen LogP contribution >= 0.6 is 0 Å². The van der Waals surface area contributed by atoms with Crippen LogP contribution in [0.4, 0.5) is 0 Å². The topological polar surface area (TPSA) is 46.5 Å². The van der Waals surface area contributed by atoms with E-state index in [2.05, 4.69) is 6.58 Å². The number of carbonyl (C=O) groups is 1. The van der Waals surface area contributed by atoms with E-state index < -0.39 is 0 Å². The smallest absolute Gasteiger partial charge is 0.168 e. The van der Waals surface area contributed by atoms with E-state index in [4.69, 9.17) is 4.74 Å². The molecule has 0 bridgehead atoms. The van der Waals surface area contributed by atoms with Gasteiger partial charge in [-0.05, 0) is 24.1 Å². The third kappa shape index (κ3) is 2.42. The summed E-state index contributed by atoms with van der Waals surface area (Å²) in [6.07, 6.45) is 2.74. The zero-order chi connectivity index (χ0) is 12.1. The Labute approximate surface area is 95.4 Å². The lowest BCUT2D eigenvalue weighted by Crippen LogP contribution is -2.00. The number of rotatable bonds is 5. The van der Waals surface area contributed by atoms with Crippen molar-refractivity contribution in [3.8, 4) is 11.5 Å². The minimum Gasteiger partial charge on any atom is -0.504 e. The molecule has 86 valence electrons. The fourth-order valence-electron chi connectivity index (χ4n) is 1.51. The van der Waals surface area contributed by atoms with E-state index in [1.807, 2.05) is 0 Å². The number of Topliss-reactive ketones (excluding diaryl/α,β-unsaturated/α-hetero) is 1. The third-order valence-electron chi connectivity index (χ3n) is 2.36. The van der Waals surface area contributed by atoms with Gasteiger partial charge < -0.3 is 9.84 Å². The quantitative estimate of drug-likeness (QED) is 0.613. The van der Waals surface area contributed by atoms with E-state index in [9.17, 15) is 9.90 Å². The van der Waals surface area contributed by atoms with Gasteiger partial charge in [-0.3, -0.25) is 4.79 Å². The molecule has 0 aliphatic heterocycles. The molecule has 1 N–H and O–H groups in total. The largest absolute Gasteiger partial charge is 0.504 e. The summed E-state index contributed by atoms with van der Waals surface area (Å²) in [5.74, 6) is 0.153. The predicted molar refractivity (Wildman–Crippen MR) is 63.2 cm³/mol. The molecule has 0 unspecified atom stereocenters. The second-order valence-electron chi connectivity index (χ2n) is 3.46. The Balaban J connectivity index is 3.29. The summed E-state index contributed by atoms with van der Waals surface area (Å²) in [6.45, 7) is 5.40. The highest BCUT2D eigenvalue weighted by Crippen LogP contribution is 2.32. The number of aromatic hydroxyl groups is 1. The molecule has 16 heavy (non-hydrogen) atoms. The molecular weight excluding hydrogens is 204 g/mol. The van der Waals surface area contributed by atoms with Crippen molar-refractivity contribution < 1.29 is 14.6 Å². The van der Waals surface area contributed by atoms with Crippen molar-refractivity contribution in [3.63, 3.8) is 0 Å². The van der Waals surface area contributed by atoms with Gasteiger partial charge in [0.15, 0.2) is 17.3 Å². The highest BCUT2D eigenvalue weighted by atomic mass is 16.5. The number of hydrogen-bond donors (Lipinski definition) is 1. The molecule has 0 aromatic heterocycles. The second-order valence-corrected chi connectivity index (χ2v) is 3.46. The molecule has 0 radical (unpaired) electrons. The minimum atomic E-state index is -0.0956. The van der Waals surface area contributed by atoms with Gasteiger partial charge in [0.25, 0.3) is 0 Å². The van der Waals surface area contributed by atoms with Crippen molar-refractivity contribution in [2.45, 2.75) is 19.8 Å². The standard InChI is InChI=1S/C13H16O3/c1-4-6-9-7-10(11(14)5-2)13(15)12(8-9)16-3/h4,7-8,15H,1,5-6H2,2-3H3. The maximum atomic E-state index is 11.6. The lowest BCUT2D eigenvalue weighted by Gasteiger charge is -2.10. The Morgan fingerprint density at radius 2 is 2.25 bits per heavy atom. The average molecular weight is 220 g/mol. The number of hydrogen-bond acceptors (Lipinski definition) is 3. The number of ketones is 1. The van der Waals surface area contributed by atoms with Gasteiger partial charge in [-0.15, -0.1) is 6.58 Å². The molecule has 0 aliphatic rings. The van der Waals surface area contributed by atoms with Crippen LogP contribution in [0.2, 0.25) is 0 Å². The summed E-state index contributed by atoms with van der Waals surface area (Å²) >= 11 is 0. The van der Waals surface area contributed by atoms with E-state index in [1.165, 1.54) is 7.11 Å². The van der Waals surface area contributed by atoms with Crippen LogP contribution < -0.4 is 4.74 Å². The fourth-order valence-corrected chi connectivity index (χ4v) is 1.51. The SMILES string of the molecule is C=CCc1cc(OC)c(O)c(C(=O)CC)c1. The first-order chi connectivity index (χ1) is 7.63. The van der Waals surface area contributed by atoms with E-state index in [-0.39, 0.29) is 11.5 Å². The molecule has 3 nitrogen and oxygen atoms in total. The molecule has 0 saturated heterocycles. The van der Waals surface area contributed by atoms with Crippen LogP contribution in [0, 0.1) is 0 Å². The first kappa shape index (κ1) is 12.3. The minimum absolute atomic E-state index is 0.0813. The number of methoxy groups -OCH3 is 1. The van der Waals surface area contributed by atoms with Gasteiger partial charge in [0, 0.05) is 6.42 Å². The lowest BCUT2D eigenvalue weighted by molar-refractivity contribution is 0.0985. The van der Waals surface area contributed by atoms with Crippen LogP contribution in [-0.4, -0.2) is 18.0 Å². The first-order valence-electron chi connectivity index (χ1n) is 5.18. The van der Waals surface area contributed by atoms with Crippen LogP contribution in [0.25, 0.3) is 0 Å². The summed E-state index contributed by atoms with van der Waals surface area (Å²) < 4.78 is 5.03. The van der Waals surface area contributed by atoms with Crippen molar-refractivity contribution in [3.05, 3.63) is 35.9 Å². The summed E-state index contributed by atoms with van der Waals surface area (Å²) in [7, 11) is 1.47. The summed E-state index contributed by atoms with van der Waals surface area (Å²) in [5.41, 5.74) is 1.22. The monoisotopic (exact) mass is 220 g/mol. The number of allylic oxidation sites excluding steroid dienone is 1. The Bertz CT molecular complexity index is 408. The van der Waals surface area contributed by atoms with Crippen molar-refractivity contribution in [1.82, 2.24) is 0 Å². The Kier molecular flexibility index (Phi) is 4.11. The van der Waals surface area contributed by atoms with E-state index >= 15 is 0 Å². The first-order valence-corrected chi connectivity index (χ1v) is 5.18. The molecular formula is C13H16O3. The van der Waals surface area contributed by atoms with Gasteiger partial charge in [0.1, 0.15) is 0 Å². The normalized spacial score (nSPS) is 9.88. The highest BCUT2D eigenvalue weighted by Gasteiger charge is 2.15. The zero-order valence-electron chi connectivity index (χ0n) is 9.62. The number of carbonyl (C=O) groups excluding carboxylic acids is 1. The number of ether oxygens (including phenoxy) is 1. The number of benzene rings is 1. The molecule has 0 spiro atoms. The van der Waals surface area contributed by atoms with Crippen molar-refractivity contribution in [2.75, 3.05) is 7.11 Å². The Morgan fingerprint density at radius 3 is 2.75 bits per heavy atom. The van der Waals surface area contributed by atoms with Crippen LogP contribution in [0.15, 0.2) is 24.8 Å². The maximum Gasteiger partial charge on any atom is 0.168 e. The summed E-state index contributed by atoms with van der Waals surface area (Å²) in [4.78, 5) is 11.6. The molecule has 1 rings (SSSR count). The van der Waals surface area contributed by atoms with Gasteiger partial charge >= 0.3 is 0 Å². The Morgan fingerprint density at radius 1 is 1.56 bits per heavy atom. The van der Waals surface area contributed by atoms with Crippen molar-refractivity contribution in [1.29, 1.82) is 0 Å². The second kappa shape index (κ2) is 5.35. The average Bonchev–Trinajstić information content (AvgIpc) is 2.30. The highest BCUT2D eigenvalue weighted by molar-refractivity contribution is 5.99. The summed E-state index contributed by atoms with van der Waals surface area (Å²) in [6, 6.07) is 3.40. The van der Waals surface area contributed by atoms with Crippen LogP contribution in [0.5, 0.6) is 11.5 Å².